The predicted molar refractivity (Wildman–Crippen MR) is 92.1 cm³/mol. The fraction of sp³-hybridized carbons (Fsp3) is 0.400. The van der Waals surface area contributed by atoms with Gasteiger partial charge >= 0.3 is 0 Å². The lowest BCUT2D eigenvalue weighted by molar-refractivity contribution is -0.168. The molecule has 0 saturated heterocycles. The van der Waals surface area contributed by atoms with Gasteiger partial charge in [0.2, 0.25) is 0 Å². The van der Waals surface area contributed by atoms with Gasteiger partial charge in [-0.1, -0.05) is 0 Å². The molecule has 0 N–H and O–H groups in total. The lowest BCUT2D eigenvalue weighted by Gasteiger charge is -2.24. The minimum Gasteiger partial charge on any atom is -0.301 e. The summed E-state index contributed by atoms with van der Waals surface area (Å²) in [7, 11) is 3.59. The summed E-state index contributed by atoms with van der Waals surface area (Å²) in [5, 5.41) is 12.3. The third-order valence-corrected chi connectivity index (χ3v) is 5.28. The van der Waals surface area contributed by atoms with Gasteiger partial charge in [-0.15, -0.1) is 22.7 Å². The molecule has 0 aliphatic heterocycles. The molecule has 0 saturated carbocycles. The van der Waals surface area contributed by atoms with Crippen LogP contribution < -0.4 is 0 Å². The highest BCUT2D eigenvalue weighted by molar-refractivity contribution is 7.13. The molecule has 0 aliphatic carbocycles. The van der Waals surface area contributed by atoms with Crippen molar-refractivity contribution in [1.29, 1.82) is 0 Å². The Labute approximate surface area is 143 Å². The molecule has 6 nitrogen and oxygen atoms in total. The van der Waals surface area contributed by atoms with Crippen LogP contribution in [0.1, 0.15) is 29.4 Å². The van der Waals surface area contributed by atoms with Crippen LogP contribution in [0.4, 0.5) is 0 Å². The van der Waals surface area contributed by atoms with Crippen LogP contribution in [0.15, 0.2) is 23.2 Å². The van der Waals surface area contributed by atoms with Crippen LogP contribution in [0.3, 0.4) is 0 Å². The van der Waals surface area contributed by atoms with E-state index in [1.807, 2.05) is 31.4 Å². The van der Waals surface area contributed by atoms with Crippen molar-refractivity contribution in [3.8, 4) is 10.6 Å². The summed E-state index contributed by atoms with van der Waals surface area (Å²) in [5.41, 5.74) is 3.04. The van der Waals surface area contributed by atoms with Crippen molar-refractivity contribution in [2.45, 2.75) is 26.4 Å². The Bertz CT molecular complexity index is 778. The molecule has 3 aromatic rings. The van der Waals surface area contributed by atoms with E-state index >= 15 is 0 Å². The zero-order chi connectivity index (χ0) is 16.4. The van der Waals surface area contributed by atoms with Gasteiger partial charge in [0, 0.05) is 29.6 Å². The van der Waals surface area contributed by atoms with Crippen molar-refractivity contribution < 1.29 is 4.84 Å². The maximum absolute atomic E-state index is 5.54. The first-order valence-electron chi connectivity index (χ1n) is 7.23. The Balaban J connectivity index is 1.73. The minimum absolute atomic E-state index is 0.0773. The normalized spacial score (nSPS) is 12.9. The highest BCUT2D eigenvalue weighted by Crippen LogP contribution is 2.27. The van der Waals surface area contributed by atoms with E-state index in [0.29, 0.717) is 6.54 Å². The number of thiazole rings is 2. The van der Waals surface area contributed by atoms with Crippen LogP contribution in [-0.4, -0.2) is 31.9 Å². The Kier molecular flexibility index (Phi) is 4.86. The van der Waals surface area contributed by atoms with E-state index in [4.69, 9.17) is 4.84 Å². The first-order chi connectivity index (χ1) is 11.1. The van der Waals surface area contributed by atoms with Crippen LogP contribution in [0.5, 0.6) is 0 Å². The molecule has 0 aromatic carbocycles. The smallest absolute Gasteiger partial charge is 0.126 e. The van der Waals surface area contributed by atoms with Gasteiger partial charge < -0.3 is 4.84 Å². The van der Waals surface area contributed by atoms with E-state index in [1.54, 1.807) is 34.5 Å². The molecule has 0 radical (unpaired) electrons. The number of aryl methyl sites for hydroxylation is 2. The topological polar surface area (TPSA) is 56.1 Å². The molecule has 8 heteroatoms. The van der Waals surface area contributed by atoms with E-state index in [-0.39, 0.29) is 6.04 Å². The average molecular weight is 349 g/mol. The molecular weight excluding hydrogens is 330 g/mol. The van der Waals surface area contributed by atoms with Gasteiger partial charge in [-0.2, -0.15) is 10.2 Å². The van der Waals surface area contributed by atoms with Crippen molar-refractivity contribution >= 4 is 22.7 Å². The molecule has 3 heterocycles. The van der Waals surface area contributed by atoms with Crippen LogP contribution in [0.2, 0.25) is 0 Å². The van der Waals surface area contributed by atoms with Crippen LogP contribution in [0.25, 0.3) is 10.6 Å². The van der Waals surface area contributed by atoms with E-state index in [9.17, 15) is 0 Å². The number of nitrogens with zero attached hydrogens (tertiary/aromatic N) is 5. The SMILES string of the molecule is CON(Cc1csc(-c2cnn(C)c2)n1)C(C)c1csc(C)n1. The molecule has 0 spiro atoms. The molecule has 0 amide bonds. The zero-order valence-electron chi connectivity index (χ0n) is 13.6. The Morgan fingerprint density at radius 2 is 2.13 bits per heavy atom. The average Bonchev–Trinajstić information content (AvgIpc) is 3.25. The highest BCUT2D eigenvalue weighted by Gasteiger charge is 2.20. The number of aromatic nitrogens is 4. The van der Waals surface area contributed by atoms with Gasteiger partial charge in [-0.05, 0) is 13.8 Å². The largest absolute Gasteiger partial charge is 0.301 e. The minimum atomic E-state index is 0.0773. The van der Waals surface area contributed by atoms with Crippen molar-refractivity contribution in [2.24, 2.45) is 7.05 Å². The monoisotopic (exact) mass is 349 g/mol. The molecule has 3 rings (SSSR count). The third kappa shape index (κ3) is 3.66. The Morgan fingerprint density at radius 3 is 2.74 bits per heavy atom. The lowest BCUT2D eigenvalue weighted by Crippen LogP contribution is -2.26. The van der Waals surface area contributed by atoms with Crippen molar-refractivity contribution in [3.05, 3.63) is 39.5 Å². The van der Waals surface area contributed by atoms with Crippen molar-refractivity contribution in [2.75, 3.05) is 7.11 Å². The predicted octanol–water partition coefficient (Wildman–Crippen LogP) is 3.43. The van der Waals surface area contributed by atoms with Gasteiger partial charge in [0.15, 0.2) is 0 Å². The van der Waals surface area contributed by atoms with Gasteiger partial charge in [0.25, 0.3) is 0 Å². The molecule has 0 aliphatic rings. The molecule has 1 atom stereocenters. The van der Waals surface area contributed by atoms with Crippen molar-refractivity contribution in [1.82, 2.24) is 24.8 Å². The first kappa shape index (κ1) is 16.3. The second kappa shape index (κ2) is 6.88. The molecule has 23 heavy (non-hydrogen) atoms. The summed E-state index contributed by atoms with van der Waals surface area (Å²) in [6, 6.07) is 0.0773. The molecule has 3 aromatic heterocycles. The zero-order valence-corrected chi connectivity index (χ0v) is 15.2. The quantitative estimate of drug-likeness (QED) is 0.638. The summed E-state index contributed by atoms with van der Waals surface area (Å²) in [4.78, 5) is 14.8. The van der Waals surface area contributed by atoms with Gasteiger partial charge in [0.1, 0.15) is 5.01 Å². The second-order valence-electron chi connectivity index (χ2n) is 5.27. The lowest BCUT2D eigenvalue weighted by atomic mass is 10.2. The number of hydrogen-bond acceptors (Lipinski definition) is 7. The number of rotatable bonds is 6. The van der Waals surface area contributed by atoms with Crippen LogP contribution >= 0.6 is 22.7 Å². The molecule has 122 valence electrons. The van der Waals surface area contributed by atoms with Gasteiger partial charge in [-0.25, -0.2) is 9.97 Å². The van der Waals surface area contributed by atoms with Gasteiger partial charge in [-0.3, -0.25) is 4.68 Å². The summed E-state index contributed by atoms with van der Waals surface area (Å²) in [6.07, 6.45) is 3.80. The summed E-state index contributed by atoms with van der Waals surface area (Å²) in [6.45, 7) is 4.72. The van der Waals surface area contributed by atoms with E-state index in [0.717, 1.165) is 27.0 Å². The number of hydrogen-bond donors (Lipinski definition) is 0. The maximum atomic E-state index is 5.54. The van der Waals surface area contributed by atoms with E-state index in [1.165, 1.54) is 0 Å². The summed E-state index contributed by atoms with van der Waals surface area (Å²) >= 11 is 3.27. The second-order valence-corrected chi connectivity index (χ2v) is 7.19. The molecular formula is C15H19N5OS2. The van der Waals surface area contributed by atoms with Crippen LogP contribution in [-0.2, 0) is 18.4 Å². The molecule has 0 bridgehead atoms. The Morgan fingerprint density at radius 1 is 1.30 bits per heavy atom. The van der Waals surface area contributed by atoms with E-state index in [2.05, 4.69) is 32.8 Å². The molecule has 1 unspecified atom stereocenters. The third-order valence-electron chi connectivity index (χ3n) is 3.55. The fourth-order valence-corrected chi connectivity index (χ4v) is 3.77. The fourth-order valence-electron chi connectivity index (χ4n) is 2.28. The maximum Gasteiger partial charge on any atom is 0.126 e. The highest BCUT2D eigenvalue weighted by atomic mass is 32.1. The standard InChI is InChI=1S/C15H19N5OS2/c1-10(14-9-22-11(2)17-14)20(21-4)7-13-8-23-15(18-13)12-5-16-19(3)6-12/h5-6,8-10H,7H2,1-4H3. The summed E-state index contributed by atoms with van der Waals surface area (Å²) < 4.78 is 1.78. The van der Waals surface area contributed by atoms with Crippen LogP contribution in [0, 0.1) is 6.92 Å². The van der Waals surface area contributed by atoms with Crippen molar-refractivity contribution in [3.63, 3.8) is 0 Å². The molecule has 0 fully saturated rings. The Hall–Kier alpha value is -1.61. The van der Waals surface area contributed by atoms with E-state index < -0.39 is 0 Å². The number of hydroxylamine groups is 2. The summed E-state index contributed by atoms with van der Waals surface area (Å²) in [5.74, 6) is 0. The van der Waals surface area contributed by atoms with Gasteiger partial charge in [0.05, 0.1) is 42.3 Å². The first-order valence-corrected chi connectivity index (χ1v) is 8.99.